The van der Waals surface area contributed by atoms with Crippen molar-refractivity contribution in [3.8, 4) is 28.7 Å². The highest BCUT2D eigenvalue weighted by Gasteiger charge is 2.58. The number of aromatic amines is 1. The summed E-state index contributed by atoms with van der Waals surface area (Å²) in [6.45, 7) is 7.22. The number of carbonyl (C=O) groups excluding carboxylic acids is 2. The number of benzene rings is 1. The summed E-state index contributed by atoms with van der Waals surface area (Å²) < 4.78 is 18.9. The Morgan fingerprint density at radius 2 is 1.81 bits per heavy atom. The lowest BCUT2D eigenvalue weighted by atomic mass is 9.90. The third kappa shape index (κ3) is 7.29. The summed E-state index contributed by atoms with van der Waals surface area (Å²) in [5.74, 6) is 0.629. The zero-order valence-corrected chi connectivity index (χ0v) is 25.5. The van der Waals surface area contributed by atoms with Gasteiger partial charge in [0.15, 0.2) is 0 Å². The standard InChI is InChI=1S/C33H43FN6O3/c1-4-25(41)9-7-6-8-10-27(37-31(42)26-19-33(26)15-17-40(5-2)18-16-33)29-28(23-20-35-32(43-3)36-21-23)38-30(39-29)22-11-13-24(34)14-12-22/h11-14,20-21,26-27H,4-10,15-19H2,1-3H3,(H,37,42)(H,38,39)/t26?,27-/m0/s1. The minimum atomic E-state index is -0.332. The molecule has 1 aliphatic heterocycles. The number of likely N-dealkylation sites (tertiary alicyclic amines) is 1. The van der Waals surface area contributed by atoms with Gasteiger partial charge in [0.2, 0.25) is 5.91 Å². The van der Waals surface area contributed by atoms with Crippen molar-refractivity contribution in [3.63, 3.8) is 0 Å². The van der Waals surface area contributed by atoms with E-state index >= 15 is 0 Å². The van der Waals surface area contributed by atoms with Crippen molar-refractivity contribution in [1.29, 1.82) is 0 Å². The second-order valence-electron chi connectivity index (χ2n) is 11.9. The predicted octanol–water partition coefficient (Wildman–Crippen LogP) is 5.89. The van der Waals surface area contributed by atoms with Crippen LogP contribution in [-0.4, -0.2) is 63.3 Å². The number of nitrogens with one attached hydrogen (secondary N) is 2. The second-order valence-corrected chi connectivity index (χ2v) is 11.9. The Morgan fingerprint density at radius 1 is 1.09 bits per heavy atom. The van der Waals surface area contributed by atoms with E-state index in [9.17, 15) is 14.0 Å². The Bertz CT molecular complexity index is 1380. The van der Waals surface area contributed by atoms with Gasteiger partial charge in [-0.25, -0.2) is 19.3 Å². The molecule has 0 radical (unpaired) electrons. The van der Waals surface area contributed by atoms with Crippen molar-refractivity contribution < 1.29 is 18.7 Å². The summed E-state index contributed by atoms with van der Waals surface area (Å²) >= 11 is 0. The van der Waals surface area contributed by atoms with E-state index in [1.54, 1.807) is 24.5 Å². The van der Waals surface area contributed by atoms with Crippen LogP contribution in [0.4, 0.5) is 4.39 Å². The van der Waals surface area contributed by atoms with Crippen LogP contribution in [0.15, 0.2) is 36.7 Å². The molecule has 43 heavy (non-hydrogen) atoms. The van der Waals surface area contributed by atoms with Gasteiger partial charge in [-0.05, 0) is 81.4 Å². The average Bonchev–Trinajstić information content (AvgIpc) is 3.55. The summed E-state index contributed by atoms with van der Waals surface area (Å²) in [5.41, 5.74) is 2.93. The molecule has 2 aliphatic rings. The molecule has 5 rings (SSSR count). The maximum absolute atomic E-state index is 13.8. The van der Waals surface area contributed by atoms with Gasteiger partial charge in [0.1, 0.15) is 17.4 Å². The van der Waals surface area contributed by atoms with Crippen LogP contribution in [0.5, 0.6) is 6.01 Å². The highest BCUT2D eigenvalue weighted by molar-refractivity contribution is 5.83. The predicted molar refractivity (Wildman–Crippen MR) is 163 cm³/mol. The lowest BCUT2D eigenvalue weighted by molar-refractivity contribution is -0.124. The van der Waals surface area contributed by atoms with Gasteiger partial charge < -0.3 is 19.9 Å². The number of unbranched alkanes of at least 4 members (excludes halogenated alkanes) is 2. The van der Waals surface area contributed by atoms with Crippen LogP contribution in [0, 0.1) is 17.2 Å². The molecule has 2 aromatic heterocycles. The Hall–Kier alpha value is -3.66. The number of piperidine rings is 1. The van der Waals surface area contributed by atoms with Crippen LogP contribution in [0.3, 0.4) is 0 Å². The molecular weight excluding hydrogens is 547 g/mol. The van der Waals surface area contributed by atoms with Gasteiger partial charge in [-0.3, -0.25) is 9.59 Å². The summed E-state index contributed by atoms with van der Waals surface area (Å²) in [4.78, 5) is 45.0. The fourth-order valence-electron chi connectivity index (χ4n) is 6.32. The molecule has 1 unspecified atom stereocenters. The maximum Gasteiger partial charge on any atom is 0.316 e. The molecular formula is C33H43FN6O3. The zero-order chi connectivity index (χ0) is 30.4. The Balaban J connectivity index is 1.42. The number of carbonyl (C=O) groups is 2. The number of ether oxygens (including phenoxy) is 1. The monoisotopic (exact) mass is 590 g/mol. The molecule has 1 amide bonds. The van der Waals surface area contributed by atoms with E-state index in [1.165, 1.54) is 19.2 Å². The van der Waals surface area contributed by atoms with Crippen molar-refractivity contribution >= 4 is 11.7 Å². The summed E-state index contributed by atoms with van der Waals surface area (Å²) in [7, 11) is 1.51. The number of methoxy groups -OCH3 is 1. The number of aromatic nitrogens is 4. The SMILES string of the molecule is CCC(=O)CCCCC[C@H](NC(=O)C1CC12CCN(CC)CC2)c1[nH]c(-c2ccc(F)cc2)nc1-c1cnc(OC)nc1. The van der Waals surface area contributed by atoms with Gasteiger partial charge >= 0.3 is 6.01 Å². The van der Waals surface area contributed by atoms with Crippen LogP contribution < -0.4 is 10.1 Å². The lowest BCUT2D eigenvalue weighted by Gasteiger charge is -2.32. The molecule has 1 saturated carbocycles. The van der Waals surface area contributed by atoms with Crippen molar-refractivity contribution in [1.82, 2.24) is 30.2 Å². The molecule has 10 heteroatoms. The Kier molecular flexibility index (Phi) is 9.85. The topological polar surface area (TPSA) is 113 Å². The van der Waals surface area contributed by atoms with Gasteiger partial charge in [0.05, 0.1) is 24.5 Å². The molecule has 2 atom stereocenters. The first kappa shape index (κ1) is 30.8. The van der Waals surface area contributed by atoms with Gasteiger partial charge in [-0.1, -0.05) is 26.7 Å². The molecule has 2 fully saturated rings. The minimum absolute atomic E-state index is 0.0171. The van der Waals surface area contributed by atoms with Crippen molar-refractivity contribution in [2.75, 3.05) is 26.7 Å². The lowest BCUT2D eigenvalue weighted by Crippen LogP contribution is -2.37. The van der Waals surface area contributed by atoms with Crippen LogP contribution in [-0.2, 0) is 9.59 Å². The van der Waals surface area contributed by atoms with E-state index in [2.05, 4.69) is 32.1 Å². The number of imidazole rings is 1. The maximum atomic E-state index is 13.8. The van der Waals surface area contributed by atoms with E-state index in [-0.39, 0.29) is 40.9 Å². The number of nitrogens with zero attached hydrogens (tertiary/aromatic N) is 4. The number of hydrogen-bond donors (Lipinski definition) is 2. The molecule has 2 N–H and O–H groups in total. The molecule has 1 spiro atoms. The summed E-state index contributed by atoms with van der Waals surface area (Å²) in [6, 6.07) is 6.09. The number of ketones is 1. The third-order valence-corrected chi connectivity index (χ3v) is 9.25. The number of hydrogen-bond acceptors (Lipinski definition) is 7. The number of Topliss-reactive ketones (excluding diaryl/α,β-unsaturated/α-hetero) is 1. The van der Waals surface area contributed by atoms with Crippen molar-refractivity contribution in [2.24, 2.45) is 11.3 Å². The van der Waals surface area contributed by atoms with E-state index in [1.807, 2.05) is 6.92 Å². The van der Waals surface area contributed by atoms with Gasteiger partial charge in [-0.15, -0.1) is 0 Å². The van der Waals surface area contributed by atoms with E-state index in [4.69, 9.17) is 9.72 Å². The van der Waals surface area contributed by atoms with E-state index in [0.717, 1.165) is 69.4 Å². The Morgan fingerprint density at radius 3 is 2.47 bits per heavy atom. The van der Waals surface area contributed by atoms with Crippen molar-refractivity contribution in [3.05, 3.63) is 48.2 Å². The number of amides is 1. The average molecular weight is 591 g/mol. The fourth-order valence-corrected chi connectivity index (χ4v) is 6.32. The van der Waals surface area contributed by atoms with Gasteiger partial charge in [0.25, 0.3) is 0 Å². The largest absolute Gasteiger partial charge is 0.467 e. The van der Waals surface area contributed by atoms with Crippen LogP contribution >= 0.6 is 0 Å². The normalized spacial score (nSPS) is 18.4. The van der Waals surface area contributed by atoms with Crippen LogP contribution in [0.25, 0.3) is 22.6 Å². The summed E-state index contributed by atoms with van der Waals surface area (Å²) in [6.07, 6.45) is 10.8. The Labute approximate surface area is 253 Å². The second kappa shape index (κ2) is 13.8. The molecule has 1 saturated heterocycles. The van der Waals surface area contributed by atoms with Crippen LogP contribution in [0.2, 0.25) is 0 Å². The molecule has 1 aromatic carbocycles. The first-order chi connectivity index (χ1) is 20.9. The van der Waals surface area contributed by atoms with Gasteiger partial charge in [0, 0.05) is 42.3 Å². The molecule has 3 heterocycles. The first-order valence-electron chi connectivity index (χ1n) is 15.6. The summed E-state index contributed by atoms with van der Waals surface area (Å²) in [5, 5.41) is 3.39. The highest BCUT2D eigenvalue weighted by atomic mass is 19.1. The number of H-pyrrole nitrogens is 1. The van der Waals surface area contributed by atoms with Crippen LogP contribution in [0.1, 0.15) is 83.4 Å². The third-order valence-electron chi connectivity index (χ3n) is 9.25. The number of rotatable bonds is 14. The fraction of sp³-hybridized carbons (Fsp3) is 0.545. The molecule has 230 valence electrons. The first-order valence-corrected chi connectivity index (χ1v) is 15.6. The quantitative estimate of drug-likeness (QED) is 0.225. The molecule has 1 aliphatic carbocycles. The molecule has 3 aromatic rings. The highest BCUT2D eigenvalue weighted by Crippen LogP contribution is 2.59. The van der Waals surface area contributed by atoms with Gasteiger partial charge in [-0.2, -0.15) is 0 Å². The van der Waals surface area contributed by atoms with Crippen molar-refractivity contribution in [2.45, 2.75) is 77.7 Å². The number of halogens is 1. The minimum Gasteiger partial charge on any atom is -0.467 e. The van der Waals surface area contributed by atoms with E-state index in [0.29, 0.717) is 36.3 Å². The molecule has 0 bridgehead atoms. The zero-order valence-electron chi connectivity index (χ0n) is 25.5. The van der Waals surface area contributed by atoms with E-state index < -0.39 is 0 Å². The smallest absolute Gasteiger partial charge is 0.316 e. The molecule has 9 nitrogen and oxygen atoms in total.